The first-order valence-electron chi connectivity index (χ1n) is 8.73. The molecule has 0 heterocycles. The molecule has 3 rings (SSSR count). The van der Waals surface area contributed by atoms with Gasteiger partial charge in [0.15, 0.2) is 0 Å². The molecule has 0 saturated heterocycles. The maximum absolute atomic E-state index is 2.43. The van der Waals surface area contributed by atoms with Gasteiger partial charge in [0, 0.05) is 5.41 Å². The summed E-state index contributed by atoms with van der Waals surface area (Å²) in [5.74, 6) is 0. The van der Waals surface area contributed by atoms with Crippen LogP contribution in [0.4, 0.5) is 0 Å². The molecule has 0 N–H and O–H groups in total. The van der Waals surface area contributed by atoms with Crippen molar-refractivity contribution in [3.8, 4) is 11.1 Å². The zero-order chi connectivity index (χ0) is 17.2. The van der Waals surface area contributed by atoms with Gasteiger partial charge in [0.2, 0.25) is 0 Å². The summed E-state index contributed by atoms with van der Waals surface area (Å²) >= 11 is 0. The van der Waals surface area contributed by atoms with Crippen LogP contribution >= 0.6 is 0 Å². The van der Waals surface area contributed by atoms with Crippen molar-refractivity contribution in [2.45, 2.75) is 71.6 Å². The van der Waals surface area contributed by atoms with Gasteiger partial charge < -0.3 is 0 Å². The van der Waals surface area contributed by atoms with E-state index in [0.717, 1.165) is 0 Å². The van der Waals surface area contributed by atoms with Crippen LogP contribution in [0.2, 0.25) is 0 Å². The van der Waals surface area contributed by atoms with Gasteiger partial charge in [-0.25, -0.2) is 0 Å². The number of fused-ring (bicyclic) bond motifs is 3. The lowest BCUT2D eigenvalue weighted by Gasteiger charge is -2.24. The quantitative estimate of drug-likeness (QED) is 0.515. The monoisotopic (exact) mass is 306 g/mol. The predicted molar refractivity (Wildman–Crippen MR) is 101 cm³/mol. The lowest BCUT2D eigenvalue weighted by atomic mass is 9.80. The molecule has 0 aromatic heterocycles. The molecule has 0 radical (unpaired) electrons. The molecule has 1 aliphatic rings. The van der Waals surface area contributed by atoms with Crippen molar-refractivity contribution >= 4 is 0 Å². The second kappa shape index (κ2) is 4.72. The Hall–Kier alpha value is -1.56. The minimum absolute atomic E-state index is 0.0947. The molecule has 0 spiro atoms. The van der Waals surface area contributed by atoms with Crippen molar-refractivity contribution < 1.29 is 0 Å². The molecular weight excluding hydrogens is 276 g/mol. The van der Waals surface area contributed by atoms with Crippen molar-refractivity contribution in [3.63, 3.8) is 0 Å². The summed E-state index contributed by atoms with van der Waals surface area (Å²) in [5, 5.41) is 0. The van der Waals surface area contributed by atoms with Gasteiger partial charge in [-0.1, -0.05) is 91.8 Å². The van der Waals surface area contributed by atoms with Crippen LogP contribution in [-0.4, -0.2) is 0 Å². The number of rotatable bonds is 0. The van der Waals surface area contributed by atoms with Crippen molar-refractivity contribution in [1.82, 2.24) is 0 Å². The van der Waals surface area contributed by atoms with Gasteiger partial charge in [0.05, 0.1) is 0 Å². The Bertz CT molecular complexity index is 696. The number of hydrogen-bond donors (Lipinski definition) is 0. The van der Waals surface area contributed by atoms with Gasteiger partial charge in [0.25, 0.3) is 0 Å². The third-order valence-electron chi connectivity index (χ3n) is 5.41. The molecule has 2 aromatic rings. The highest BCUT2D eigenvalue weighted by Crippen LogP contribution is 2.50. The van der Waals surface area contributed by atoms with Crippen LogP contribution in [0.3, 0.4) is 0 Å². The van der Waals surface area contributed by atoms with E-state index in [0.29, 0.717) is 0 Å². The Labute approximate surface area is 141 Å². The van der Waals surface area contributed by atoms with Gasteiger partial charge in [0.1, 0.15) is 0 Å². The fourth-order valence-corrected chi connectivity index (χ4v) is 3.70. The topological polar surface area (TPSA) is 0 Å². The molecule has 122 valence electrons. The molecule has 0 aliphatic heterocycles. The molecule has 0 fully saturated rings. The van der Waals surface area contributed by atoms with E-state index in [2.05, 4.69) is 91.8 Å². The summed E-state index contributed by atoms with van der Waals surface area (Å²) in [5.41, 5.74) is 9.09. The largest absolute Gasteiger partial charge is 0.0582 e. The molecule has 0 nitrogen and oxygen atoms in total. The van der Waals surface area contributed by atoms with Crippen LogP contribution < -0.4 is 0 Å². The van der Waals surface area contributed by atoms with Crippen LogP contribution in [0.15, 0.2) is 36.4 Å². The van der Waals surface area contributed by atoms with E-state index in [1.54, 1.807) is 0 Å². The highest BCUT2D eigenvalue weighted by molar-refractivity contribution is 5.82. The first-order valence-corrected chi connectivity index (χ1v) is 8.73. The fraction of sp³-hybridized carbons (Fsp3) is 0.478. The summed E-state index contributed by atoms with van der Waals surface area (Å²) in [6, 6.07) is 14.2. The minimum atomic E-state index is 0.0947. The Kier molecular flexibility index (Phi) is 3.35. The van der Waals surface area contributed by atoms with E-state index in [1.165, 1.54) is 33.4 Å². The second-order valence-electron chi connectivity index (χ2n) is 9.65. The van der Waals surface area contributed by atoms with E-state index in [-0.39, 0.29) is 16.2 Å². The Morgan fingerprint density at radius 3 is 1.26 bits per heavy atom. The second-order valence-corrected chi connectivity index (χ2v) is 9.65. The molecule has 0 amide bonds. The first-order chi connectivity index (χ1) is 10.4. The Morgan fingerprint density at radius 1 is 0.609 bits per heavy atom. The predicted octanol–water partition coefficient (Wildman–Crippen LogP) is 6.59. The minimum Gasteiger partial charge on any atom is -0.0582 e. The van der Waals surface area contributed by atoms with E-state index in [1.807, 2.05) is 0 Å². The van der Waals surface area contributed by atoms with Crippen molar-refractivity contribution in [2.24, 2.45) is 0 Å². The van der Waals surface area contributed by atoms with E-state index in [4.69, 9.17) is 0 Å². The van der Waals surface area contributed by atoms with Gasteiger partial charge >= 0.3 is 0 Å². The number of hydrogen-bond acceptors (Lipinski definition) is 0. The van der Waals surface area contributed by atoms with Gasteiger partial charge in [-0.2, -0.15) is 0 Å². The van der Waals surface area contributed by atoms with Crippen LogP contribution in [0, 0.1) is 0 Å². The summed E-state index contributed by atoms with van der Waals surface area (Å²) in [6.45, 7) is 18.5. The van der Waals surface area contributed by atoms with Gasteiger partial charge in [-0.3, -0.25) is 0 Å². The van der Waals surface area contributed by atoms with Crippen LogP contribution in [0.25, 0.3) is 11.1 Å². The van der Waals surface area contributed by atoms with E-state index < -0.39 is 0 Å². The zero-order valence-corrected chi connectivity index (χ0v) is 16.0. The zero-order valence-electron chi connectivity index (χ0n) is 16.0. The third kappa shape index (κ3) is 2.53. The molecule has 0 saturated carbocycles. The van der Waals surface area contributed by atoms with Crippen molar-refractivity contribution in [2.75, 3.05) is 0 Å². The molecule has 1 aliphatic carbocycles. The lowest BCUT2D eigenvalue weighted by molar-refractivity contribution is 0.588. The normalized spacial score (nSPS) is 16.2. The van der Waals surface area contributed by atoms with Crippen molar-refractivity contribution in [1.29, 1.82) is 0 Å². The maximum atomic E-state index is 2.43. The number of benzene rings is 2. The van der Waals surface area contributed by atoms with E-state index in [9.17, 15) is 0 Å². The molecule has 2 aromatic carbocycles. The summed E-state index contributed by atoms with van der Waals surface area (Å²) < 4.78 is 0. The highest BCUT2D eigenvalue weighted by atomic mass is 14.4. The lowest BCUT2D eigenvalue weighted by Crippen LogP contribution is -2.16. The summed E-state index contributed by atoms with van der Waals surface area (Å²) in [4.78, 5) is 0. The average molecular weight is 306 g/mol. The smallest absolute Gasteiger partial charge is 0.0158 e. The molecule has 23 heavy (non-hydrogen) atoms. The molecule has 0 heteroatoms. The fourth-order valence-electron chi connectivity index (χ4n) is 3.70. The third-order valence-corrected chi connectivity index (χ3v) is 5.41. The SMILES string of the molecule is CC(C)(C)c1ccc2c(c1)-c1cc(C(C)(C)C)ccc1C2(C)C. The summed E-state index contributed by atoms with van der Waals surface area (Å²) in [7, 11) is 0. The standard InChI is InChI=1S/C23H30/c1-21(2,3)15-9-11-19-17(13-15)18-14-16(22(4,5)6)10-12-20(18)23(19,7)8/h9-14H,1-8H3. The Balaban J connectivity index is 2.28. The summed E-state index contributed by atoms with van der Waals surface area (Å²) in [6.07, 6.45) is 0. The molecule has 0 atom stereocenters. The highest BCUT2D eigenvalue weighted by Gasteiger charge is 2.36. The van der Waals surface area contributed by atoms with Crippen LogP contribution in [-0.2, 0) is 16.2 Å². The maximum Gasteiger partial charge on any atom is 0.0158 e. The molecule has 0 bridgehead atoms. The van der Waals surface area contributed by atoms with Gasteiger partial charge in [-0.15, -0.1) is 0 Å². The Morgan fingerprint density at radius 2 is 0.957 bits per heavy atom. The van der Waals surface area contributed by atoms with Gasteiger partial charge in [-0.05, 0) is 44.2 Å². The average Bonchev–Trinajstić information content (AvgIpc) is 2.65. The van der Waals surface area contributed by atoms with Crippen molar-refractivity contribution in [3.05, 3.63) is 58.7 Å². The van der Waals surface area contributed by atoms with Crippen LogP contribution in [0.1, 0.15) is 77.6 Å². The van der Waals surface area contributed by atoms with Crippen LogP contribution in [0.5, 0.6) is 0 Å². The van der Waals surface area contributed by atoms with E-state index >= 15 is 0 Å². The first kappa shape index (κ1) is 16.3. The molecule has 0 unspecified atom stereocenters. The molecular formula is C23H30.